The Kier molecular flexibility index (Phi) is 5.85. The molecule has 0 aromatic heterocycles. The van der Waals surface area contributed by atoms with E-state index in [1.54, 1.807) is 18.9 Å². The minimum absolute atomic E-state index is 0.126. The zero-order valence-electron chi connectivity index (χ0n) is 14.7. The first-order chi connectivity index (χ1) is 11.6. The average molecular weight is 349 g/mol. The van der Waals surface area contributed by atoms with Gasteiger partial charge in [0.1, 0.15) is 0 Å². The average Bonchev–Trinajstić information content (AvgIpc) is 2.94. The lowest BCUT2D eigenvalue weighted by Crippen LogP contribution is -2.63. The summed E-state index contributed by atoms with van der Waals surface area (Å²) in [6.45, 7) is 5.69. The Morgan fingerprint density at radius 1 is 1.33 bits per heavy atom. The van der Waals surface area contributed by atoms with Crippen LogP contribution in [-0.4, -0.2) is 44.1 Å². The van der Waals surface area contributed by atoms with Gasteiger partial charge in [0.2, 0.25) is 5.91 Å². The highest BCUT2D eigenvalue weighted by molar-refractivity contribution is 7.99. The van der Waals surface area contributed by atoms with Crippen LogP contribution in [0.1, 0.15) is 23.1 Å². The molecule has 132 valence electrons. The molecule has 1 aliphatic carbocycles. The molecule has 1 saturated heterocycles. The number of ether oxygens (including phenoxy) is 2. The molecule has 1 amide bonds. The lowest BCUT2D eigenvalue weighted by molar-refractivity contribution is -0.127. The van der Waals surface area contributed by atoms with E-state index in [1.807, 2.05) is 0 Å². The minimum atomic E-state index is 0.126. The molecule has 0 radical (unpaired) electrons. The maximum atomic E-state index is 12.3. The van der Waals surface area contributed by atoms with Crippen molar-refractivity contribution in [1.82, 2.24) is 5.32 Å². The van der Waals surface area contributed by atoms with Gasteiger partial charge in [0.05, 0.1) is 18.5 Å². The molecule has 4 nitrogen and oxygen atoms in total. The van der Waals surface area contributed by atoms with Crippen LogP contribution in [0.4, 0.5) is 0 Å². The molecular formula is C19H27NO3S. The standard InChI is InChI=1S/C19H27NO3S/c1-12-6-13(2)8-14(7-12)10-24-11-17(21)20-18-15-4-5-23-19(15)16(18)9-22-3/h6-8,15-16,18-19H,4-5,9-11H2,1-3H3,(H,20,21)/t15-,16+,18-,19-/m0/s1. The summed E-state index contributed by atoms with van der Waals surface area (Å²) >= 11 is 1.67. The summed E-state index contributed by atoms with van der Waals surface area (Å²) in [5.74, 6) is 2.27. The molecule has 3 rings (SSSR count). The van der Waals surface area contributed by atoms with E-state index in [0.717, 1.165) is 18.8 Å². The molecule has 1 aromatic rings. The van der Waals surface area contributed by atoms with E-state index < -0.39 is 0 Å². The number of methoxy groups -OCH3 is 1. The number of carbonyl (C=O) groups is 1. The Balaban J connectivity index is 1.45. The third-order valence-corrected chi connectivity index (χ3v) is 6.00. The summed E-state index contributed by atoms with van der Waals surface area (Å²) < 4.78 is 11.0. The fraction of sp³-hybridized carbons (Fsp3) is 0.632. The first-order valence-corrected chi connectivity index (χ1v) is 9.79. The van der Waals surface area contributed by atoms with Crippen LogP contribution >= 0.6 is 11.8 Å². The fourth-order valence-corrected chi connectivity index (χ4v) is 4.85. The Morgan fingerprint density at radius 3 is 2.79 bits per heavy atom. The molecule has 4 atom stereocenters. The van der Waals surface area contributed by atoms with E-state index in [9.17, 15) is 4.79 Å². The zero-order valence-corrected chi connectivity index (χ0v) is 15.5. The van der Waals surface area contributed by atoms with Gasteiger partial charge in [0.25, 0.3) is 0 Å². The molecular weight excluding hydrogens is 322 g/mol. The van der Waals surface area contributed by atoms with E-state index >= 15 is 0 Å². The molecule has 1 aromatic carbocycles. The van der Waals surface area contributed by atoms with Crippen LogP contribution in [0.5, 0.6) is 0 Å². The summed E-state index contributed by atoms with van der Waals surface area (Å²) in [5, 5.41) is 3.21. The van der Waals surface area contributed by atoms with Gasteiger partial charge in [-0.1, -0.05) is 29.3 Å². The summed E-state index contributed by atoms with van der Waals surface area (Å²) in [6.07, 6.45) is 1.32. The summed E-state index contributed by atoms with van der Waals surface area (Å²) in [5.41, 5.74) is 3.84. The molecule has 0 spiro atoms. The van der Waals surface area contributed by atoms with Crippen LogP contribution in [0.3, 0.4) is 0 Å². The van der Waals surface area contributed by atoms with Gasteiger partial charge in [-0.15, -0.1) is 11.8 Å². The minimum Gasteiger partial charge on any atom is -0.384 e. The lowest BCUT2D eigenvalue weighted by atomic mass is 9.67. The van der Waals surface area contributed by atoms with E-state index in [-0.39, 0.29) is 18.1 Å². The molecule has 1 saturated carbocycles. The summed E-state index contributed by atoms with van der Waals surface area (Å²) in [4.78, 5) is 12.3. The number of fused-ring (bicyclic) bond motifs is 1. The van der Waals surface area contributed by atoms with Gasteiger partial charge < -0.3 is 14.8 Å². The number of hydrogen-bond donors (Lipinski definition) is 1. The Labute approximate surface area is 148 Å². The van der Waals surface area contributed by atoms with E-state index in [1.165, 1.54) is 16.7 Å². The van der Waals surface area contributed by atoms with Crippen molar-refractivity contribution in [2.24, 2.45) is 11.8 Å². The second kappa shape index (κ2) is 7.89. The van der Waals surface area contributed by atoms with Gasteiger partial charge in [-0.3, -0.25) is 4.79 Å². The second-order valence-electron chi connectivity index (χ2n) is 6.99. The SMILES string of the molecule is COC[C@@H]1[C@@H](NC(=O)CSCc2cc(C)cc(C)c2)[C@@H]2CCO[C@H]12. The molecule has 1 aliphatic heterocycles. The maximum Gasteiger partial charge on any atom is 0.230 e. The smallest absolute Gasteiger partial charge is 0.230 e. The Bertz CT molecular complexity index is 572. The topological polar surface area (TPSA) is 47.6 Å². The van der Waals surface area contributed by atoms with Crippen molar-refractivity contribution in [2.45, 2.75) is 38.2 Å². The van der Waals surface area contributed by atoms with Crippen LogP contribution in [0.15, 0.2) is 18.2 Å². The third-order valence-electron chi connectivity index (χ3n) is 5.00. The molecule has 2 fully saturated rings. The van der Waals surface area contributed by atoms with Gasteiger partial charge in [-0.05, 0) is 25.8 Å². The van der Waals surface area contributed by atoms with Gasteiger partial charge in [0.15, 0.2) is 0 Å². The summed E-state index contributed by atoms with van der Waals surface area (Å²) in [7, 11) is 1.71. The number of rotatable bonds is 7. The monoisotopic (exact) mass is 349 g/mol. The van der Waals surface area contributed by atoms with Crippen molar-refractivity contribution < 1.29 is 14.3 Å². The highest BCUT2D eigenvalue weighted by Gasteiger charge is 2.54. The first-order valence-electron chi connectivity index (χ1n) is 8.63. The zero-order chi connectivity index (χ0) is 17.1. The van der Waals surface area contributed by atoms with Crippen molar-refractivity contribution in [3.05, 3.63) is 34.9 Å². The van der Waals surface area contributed by atoms with Crippen LogP contribution in [-0.2, 0) is 20.0 Å². The summed E-state index contributed by atoms with van der Waals surface area (Å²) in [6, 6.07) is 6.78. The number of aryl methyl sites for hydroxylation is 2. The van der Waals surface area contributed by atoms with Gasteiger partial charge >= 0.3 is 0 Å². The molecule has 5 heteroatoms. The quantitative estimate of drug-likeness (QED) is 0.822. The number of nitrogens with one attached hydrogen (secondary N) is 1. The van der Waals surface area contributed by atoms with Crippen molar-refractivity contribution in [3.63, 3.8) is 0 Å². The molecule has 1 heterocycles. The molecule has 0 bridgehead atoms. The largest absolute Gasteiger partial charge is 0.384 e. The predicted molar refractivity (Wildman–Crippen MR) is 97.2 cm³/mol. The molecule has 1 N–H and O–H groups in total. The number of amides is 1. The van der Waals surface area contributed by atoms with Gasteiger partial charge in [0, 0.05) is 37.3 Å². The highest BCUT2D eigenvalue weighted by Crippen LogP contribution is 2.43. The van der Waals surface area contributed by atoms with Crippen molar-refractivity contribution in [1.29, 1.82) is 0 Å². The lowest BCUT2D eigenvalue weighted by Gasteiger charge is -2.47. The van der Waals surface area contributed by atoms with E-state index in [2.05, 4.69) is 37.4 Å². The fourth-order valence-electron chi connectivity index (χ4n) is 4.08. The second-order valence-corrected chi connectivity index (χ2v) is 7.97. The van der Waals surface area contributed by atoms with Gasteiger partial charge in [-0.25, -0.2) is 0 Å². The number of hydrogen-bond acceptors (Lipinski definition) is 4. The van der Waals surface area contributed by atoms with Crippen LogP contribution in [0.2, 0.25) is 0 Å². The molecule has 24 heavy (non-hydrogen) atoms. The Morgan fingerprint density at radius 2 is 2.08 bits per heavy atom. The van der Waals surface area contributed by atoms with Crippen molar-refractivity contribution in [2.75, 3.05) is 26.1 Å². The highest BCUT2D eigenvalue weighted by atomic mass is 32.2. The maximum absolute atomic E-state index is 12.3. The van der Waals surface area contributed by atoms with Gasteiger partial charge in [-0.2, -0.15) is 0 Å². The number of carbonyl (C=O) groups excluding carboxylic acids is 1. The number of thioether (sulfide) groups is 1. The van der Waals surface area contributed by atoms with Crippen molar-refractivity contribution >= 4 is 17.7 Å². The predicted octanol–water partition coefficient (Wildman–Crippen LogP) is 2.70. The van der Waals surface area contributed by atoms with Crippen LogP contribution in [0, 0.1) is 25.7 Å². The number of benzene rings is 1. The Hall–Kier alpha value is -1.04. The third kappa shape index (κ3) is 3.95. The van der Waals surface area contributed by atoms with Crippen LogP contribution in [0.25, 0.3) is 0 Å². The first kappa shape index (κ1) is 17.8. The normalized spacial score (nSPS) is 28.3. The van der Waals surface area contributed by atoms with Crippen molar-refractivity contribution in [3.8, 4) is 0 Å². The van der Waals surface area contributed by atoms with E-state index in [4.69, 9.17) is 9.47 Å². The van der Waals surface area contributed by atoms with E-state index in [0.29, 0.717) is 24.2 Å². The molecule has 2 aliphatic rings. The van der Waals surface area contributed by atoms with Crippen LogP contribution < -0.4 is 5.32 Å². The molecule has 0 unspecified atom stereocenters.